The van der Waals surface area contributed by atoms with Gasteiger partial charge in [-0.3, -0.25) is 4.79 Å². The van der Waals surface area contributed by atoms with E-state index in [1.54, 1.807) is 25.9 Å². The Morgan fingerprint density at radius 1 is 1.43 bits per heavy atom. The molecule has 0 saturated heterocycles. The molecule has 4 heteroatoms. The van der Waals surface area contributed by atoms with Gasteiger partial charge in [-0.05, 0) is 6.42 Å². The van der Waals surface area contributed by atoms with E-state index in [1.165, 1.54) is 6.20 Å². The summed E-state index contributed by atoms with van der Waals surface area (Å²) in [4.78, 5) is 23.9. The fourth-order valence-corrected chi connectivity index (χ4v) is 0.933. The molecule has 1 N–H and O–H groups in total. The van der Waals surface area contributed by atoms with Crippen molar-refractivity contribution in [2.45, 2.75) is 20.3 Å². The first-order chi connectivity index (χ1) is 6.40. The number of carboxylic acids is 1. The quantitative estimate of drug-likeness (QED) is 0.409. The van der Waals surface area contributed by atoms with Gasteiger partial charge in [0.05, 0.1) is 0 Å². The molecular weight excluding hydrogens is 182 g/mol. The standard InChI is InChI=1S/C10H17NO3/c1-5-7(2)9(12)8(10(13)14)6-11(3)4/h6-7H,5H2,1-4H3,(H,13,14). The maximum absolute atomic E-state index is 11.6. The lowest BCUT2D eigenvalue weighted by Crippen LogP contribution is -2.21. The third kappa shape index (κ3) is 3.60. The summed E-state index contributed by atoms with van der Waals surface area (Å²) in [5.41, 5.74) is -0.149. The Morgan fingerprint density at radius 3 is 2.21 bits per heavy atom. The zero-order chi connectivity index (χ0) is 11.3. The second-order valence-corrected chi connectivity index (χ2v) is 3.49. The van der Waals surface area contributed by atoms with Crippen LogP contribution >= 0.6 is 0 Å². The van der Waals surface area contributed by atoms with E-state index in [0.29, 0.717) is 6.42 Å². The molecule has 80 valence electrons. The topological polar surface area (TPSA) is 57.6 Å². The van der Waals surface area contributed by atoms with Crippen LogP contribution in [0.1, 0.15) is 20.3 Å². The number of ketones is 1. The lowest BCUT2D eigenvalue weighted by atomic mass is 9.97. The third-order valence-electron chi connectivity index (χ3n) is 1.94. The number of carbonyl (C=O) groups excluding carboxylic acids is 1. The van der Waals surface area contributed by atoms with Crippen molar-refractivity contribution < 1.29 is 14.7 Å². The highest BCUT2D eigenvalue weighted by Crippen LogP contribution is 2.10. The minimum atomic E-state index is -1.16. The number of hydrogen-bond donors (Lipinski definition) is 1. The van der Waals surface area contributed by atoms with Gasteiger partial charge < -0.3 is 10.0 Å². The third-order valence-corrected chi connectivity index (χ3v) is 1.94. The molecule has 0 aromatic rings. The minimum Gasteiger partial charge on any atom is -0.478 e. The van der Waals surface area contributed by atoms with Crippen LogP contribution in [0.5, 0.6) is 0 Å². The van der Waals surface area contributed by atoms with Crippen molar-refractivity contribution >= 4 is 11.8 Å². The molecule has 0 aliphatic heterocycles. The van der Waals surface area contributed by atoms with Crippen LogP contribution < -0.4 is 0 Å². The molecule has 0 fully saturated rings. The van der Waals surface area contributed by atoms with Gasteiger partial charge in [-0.1, -0.05) is 13.8 Å². The second kappa shape index (κ2) is 5.42. The molecule has 14 heavy (non-hydrogen) atoms. The molecule has 0 saturated carbocycles. The summed E-state index contributed by atoms with van der Waals surface area (Å²) < 4.78 is 0. The fourth-order valence-electron chi connectivity index (χ4n) is 0.933. The summed E-state index contributed by atoms with van der Waals surface area (Å²) >= 11 is 0. The Kier molecular flexibility index (Phi) is 4.91. The number of nitrogens with zero attached hydrogens (tertiary/aromatic N) is 1. The van der Waals surface area contributed by atoms with Crippen LogP contribution in [0.4, 0.5) is 0 Å². The molecule has 0 heterocycles. The molecular formula is C10H17NO3. The van der Waals surface area contributed by atoms with Crippen molar-refractivity contribution in [2.75, 3.05) is 14.1 Å². The van der Waals surface area contributed by atoms with Crippen LogP contribution in [0.25, 0.3) is 0 Å². The Hall–Kier alpha value is -1.32. The number of Topliss-reactive ketones (excluding diaryl/α,β-unsaturated/α-hetero) is 1. The molecule has 0 aliphatic rings. The second-order valence-electron chi connectivity index (χ2n) is 3.49. The number of aliphatic carboxylic acids is 1. The number of carboxylic acid groups (broad SMARTS) is 1. The zero-order valence-electron chi connectivity index (χ0n) is 9.07. The van der Waals surface area contributed by atoms with Crippen LogP contribution in [0.2, 0.25) is 0 Å². The van der Waals surface area contributed by atoms with Crippen molar-refractivity contribution in [3.63, 3.8) is 0 Å². The maximum Gasteiger partial charge on any atom is 0.340 e. The van der Waals surface area contributed by atoms with E-state index in [9.17, 15) is 9.59 Å². The molecule has 0 bridgehead atoms. The van der Waals surface area contributed by atoms with Crippen LogP contribution in [0.3, 0.4) is 0 Å². The fraction of sp³-hybridized carbons (Fsp3) is 0.600. The first-order valence-electron chi connectivity index (χ1n) is 4.55. The van der Waals surface area contributed by atoms with Crippen molar-refractivity contribution in [1.29, 1.82) is 0 Å². The lowest BCUT2D eigenvalue weighted by molar-refractivity contribution is -0.135. The molecule has 0 radical (unpaired) electrons. The first kappa shape index (κ1) is 12.7. The Bertz CT molecular complexity index is 256. The normalized spacial score (nSPS) is 13.6. The average molecular weight is 199 g/mol. The van der Waals surface area contributed by atoms with E-state index in [-0.39, 0.29) is 17.3 Å². The van der Waals surface area contributed by atoms with Crippen LogP contribution in [-0.4, -0.2) is 35.9 Å². The predicted molar refractivity (Wildman–Crippen MR) is 53.9 cm³/mol. The van der Waals surface area contributed by atoms with Crippen molar-refractivity contribution in [3.05, 3.63) is 11.8 Å². The van der Waals surface area contributed by atoms with E-state index >= 15 is 0 Å². The summed E-state index contributed by atoms with van der Waals surface area (Å²) in [5.74, 6) is -1.71. The molecule has 1 unspecified atom stereocenters. The van der Waals surface area contributed by atoms with Gasteiger partial charge in [-0.2, -0.15) is 0 Å². The predicted octanol–water partition coefficient (Wildman–Crippen LogP) is 1.13. The molecule has 0 amide bonds. The van der Waals surface area contributed by atoms with Crippen LogP contribution in [0, 0.1) is 5.92 Å². The van der Waals surface area contributed by atoms with E-state index in [4.69, 9.17) is 5.11 Å². The van der Waals surface area contributed by atoms with Crippen LogP contribution in [0.15, 0.2) is 11.8 Å². The summed E-state index contributed by atoms with van der Waals surface area (Å²) in [5, 5.41) is 8.82. The van der Waals surface area contributed by atoms with Crippen molar-refractivity contribution in [1.82, 2.24) is 4.90 Å². The highest BCUT2D eigenvalue weighted by molar-refractivity contribution is 6.17. The summed E-state index contributed by atoms with van der Waals surface area (Å²) in [6, 6.07) is 0. The summed E-state index contributed by atoms with van der Waals surface area (Å²) in [7, 11) is 3.37. The summed E-state index contributed by atoms with van der Waals surface area (Å²) in [6.45, 7) is 3.59. The van der Waals surface area contributed by atoms with Gasteiger partial charge in [0, 0.05) is 26.2 Å². The van der Waals surface area contributed by atoms with Crippen molar-refractivity contribution in [2.24, 2.45) is 5.92 Å². The Morgan fingerprint density at radius 2 is 1.93 bits per heavy atom. The number of rotatable bonds is 5. The van der Waals surface area contributed by atoms with Gasteiger partial charge in [-0.25, -0.2) is 4.79 Å². The molecule has 0 aromatic heterocycles. The Labute approximate surface area is 84.2 Å². The number of hydrogen-bond acceptors (Lipinski definition) is 3. The number of carbonyl (C=O) groups is 2. The van der Waals surface area contributed by atoms with E-state index in [1.807, 2.05) is 6.92 Å². The SMILES string of the molecule is CCC(C)C(=O)C(=CN(C)C)C(=O)O. The van der Waals surface area contributed by atoms with Gasteiger partial charge in [0.15, 0.2) is 5.78 Å². The smallest absolute Gasteiger partial charge is 0.340 e. The molecule has 0 rings (SSSR count). The maximum atomic E-state index is 11.6. The first-order valence-corrected chi connectivity index (χ1v) is 4.55. The monoisotopic (exact) mass is 199 g/mol. The van der Waals surface area contributed by atoms with Crippen LogP contribution in [-0.2, 0) is 9.59 Å². The van der Waals surface area contributed by atoms with Gasteiger partial charge in [0.1, 0.15) is 5.57 Å². The molecule has 0 aromatic carbocycles. The van der Waals surface area contributed by atoms with Gasteiger partial charge in [-0.15, -0.1) is 0 Å². The van der Waals surface area contributed by atoms with Gasteiger partial charge >= 0.3 is 5.97 Å². The Balaban J connectivity index is 4.85. The minimum absolute atomic E-state index is 0.149. The molecule has 4 nitrogen and oxygen atoms in total. The zero-order valence-corrected chi connectivity index (χ0v) is 9.07. The van der Waals surface area contributed by atoms with Crippen molar-refractivity contribution in [3.8, 4) is 0 Å². The molecule has 0 aliphatic carbocycles. The molecule has 0 spiro atoms. The van der Waals surface area contributed by atoms with E-state index in [0.717, 1.165) is 0 Å². The lowest BCUT2D eigenvalue weighted by Gasteiger charge is -2.11. The van der Waals surface area contributed by atoms with E-state index in [2.05, 4.69) is 0 Å². The van der Waals surface area contributed by atoms with E-state index < -0.39 is 5.97 Å². The highest BCUT2D eigenvalue weighted by atomic mass is 16.4. The molecule has 1 atom stereocenters. The van der Waals surface area contributed by atoms with Gasteiger partial charge in [0.25, 0.3) is 0 Å². The summed E-state index contributed by atoms with van der Waals surface area (Å²) in [6.07, 6.45) is 1.99. The highest BCUT2D eigenvalue weighted by Gasteiger charge is 2.21. The average Bonchev–Trinajstić information content (AvgIpc) is 2.11. The largest absolute Gasteiger partial charge is 0.478 e. The van der Waals surface area contributed by atoms with Gasteiger partial charge in [0.2, 0.25) is 0 Å².